The molecule has 0 atom stereocenters. The van der Waals surface area contributed by atoms with Crippen molar-refractivity contribution in [3.05, 3.63) is 54.0 Å². The van der Waals surface area contributed by atoms with Crippen LogP contribution in [-0.4, -0.2) is 23.4 Å². The minimum atomic E-state index is -0.935. The van der Waals surface area contributed by atoms with Gasteiger partial charge in [0, 0.05) is 11.3 Å². The second-order valence-corrected chi connectivity index (χ2v) is 4.51. The van der Waals surface area contributed by atoms with E-state index < -0.39 is 17.7 Å². The zero-order chi connectivity index (χ0) is 16.8. The van der Waals surface area contributed by atoms with Crippen molar-refractivity contribution in [2.75, 3.05) is 5.32 Å². The molecule has 1 aromatic carbocycles. The minimum absolute atomic E-state index is 0.297. The molecule has 0 aliphatic carbocycles. The minimum Gasteiger partial charge on any atom is -0.463 e. The van der Waals surface area contributed by atoms with Crippen LogP contribution in [0.15, 0.2) is 52.2 Å². The van der Waals surface area contributed by atoms with Gasteiger partial charge in [-0.05, 0) is 43.3 Å². The highest BCUT2D eigenvalue weighted by Gasteiger charge is 2.13. The van der Waals surface area contributed by atoms with Gasteiger partial charge in [0.15, 0.2) is 0 Å². The third kappa shape index (κ3) is 4.27. The van der Waals surface area contributed by atoms with Crippen molar-refractivity contribution in [1.29, 1.82) is 0 Å². The smallest absolute Gasteiger partial charge is 0.329 e. The van der Waals surface area contributed by atoms with Gasteiger partial charge in [0.2, 0.25) is 5.91 Å². The first-order chi connectivity index (χ1) is 11.0. The lowest BCUT2D eigenvalue weighted by Gasteiger charge is -2.05. The van der Waals surface area contributed by atoms with Gasteiger partial charge in [0.1, 0.15) is 11.5 Å². The fourth-order valence-electron chi connectivity index (χ4n) is 1.63. The van der Waals surface area contributed by atoms with Crippen LogP contribution >= 0.6 is 0 Å². The number of hydrogen-bond donors (Lipinski definition) is 3. The Bertz CT molecular complexity index is 748. The van der Waals surface area contributed by atoms with E-state index in [1.807, 2.05) is 0 Å². The van der Waals surface area contributed by atoms with E-state index in [1.165, 1.54) is 30.5 Å². The van der Waals surface area contributed by atoms with Gasteiger partial charge in [-0.3, -0.25) is 14.4 Å². The van der Waals surface area contributed by atoms with Gasteiger partial charge in [-0.25, -0.2) is 5.43 Å². The Balaban J connectivity index is 1.93. The SMILES string of the molecule is C/C(=N\NC(=O)C(=O)Nc1ccc(C(N)=O)cc1)c1ccco1. The first-order valence-corrected chi connectivity index (χ1v) is 6.56. The van der Waals surface area contributed by atoms with Crippen molar-refractivity contribution in [1.82, 2.24) is 5.43 Å². The van der Waals surface area contributed by atoms with E-state index in [4.69, 9.17) is 10.2 Å². The Hall–Kier alpha value is -3.42. The molecule has 4 N–H and O–H groups in total. The molecule has 0 fully saturated rings. The molecule has 1 heterocycles. The number of hydrazone groups is 1. The lowest BCUT2D eigenvalue weighted by atomic mass is 10.2. The first-order valence-electron chi connectivity index (χ1n) is 6.56. The third-order valence-electron chi connectivity index (χ3n) is 2.84. The molecule has 8 heteroatoms. The molecule has 0 saturated carbocycles. The Kier molecular flexibility index (Phi) is 4.88. The van der Waals surface area contributed by atoms with Crippen LogP contribution < -0.4 is 16.5 Å². The first kappa shape index (κ1) is 16.0. The molecule has 0 spiro atoms. The zero-order valence-electron chi connectivity index (χ0n) is 12.2. The number of furan rings is 1. The van der Waals surface area contributed by atoms with Gasteiger partial charge in [-0.1, -0.05) is 0 Å². The molecular weight excluding hydrogens is 300 g/mol. The summed E-state index contributed by atoms with van der Waals surface area (Å²) in [4.78, 5) is 34.3. The van der Waals surface area contributed by atoms with Crippen LogP contribution in [0.2, 0.25) is 0 Å². The van der Waals surface area contributed by atoms with E-state index >= 15 is 0 Å². The molecule has 0 aliphatic rings. The number of anilines is 1. The predicted octanol–water partition coefficient (Wildman–Crippen LogP) is 0.857. The zero-order valence-corrected chi connectivity index (χ0v) is 12.2. The van der Waals surface area contributed by atoms with E-state index in [-0.39, 0.29) is 0 Å². The molecule has 0 bridgehead atoms. The van der Waals surface area contributed by atoms with Crippen LogP contribution in [0.25, 0.3) is 0 Å². The molecule has 8 nitrogen and oxygen atoms in total. The highest BCUT2D eigenvalue weighted by molar-refractivity contribution is 6.39. The summed E-state index contributed by atoms with van der Waals surface area (Å²) in [7, 11) is 0. The summed E-state index contributed by atoms with van der Waals surface area (Å²) in [5.74, 6) is -1.93. The van der Waals surface area contributed by atoms with E-state index in [0.29, 0.717) is 22.7 Å². The number of carbonyl (C=O) groups excluding carboxylic acids is 3. The lowest BCUT2D eigenvalue weighted by molar-refractivity contribution is -0.136. The van der Waals surface area contributed by atoms with Crippen molar-refractivity contribution in [2.45, 2.75) is 6.92 Å². The number of carbonyl (C=O) groups is 3. The number of primary amides is 1. The highest BCUT2D eigenvalue weighted by Crippen LogP contribution is 2.09. The van der Waals surface area contributed by atoms with Crippen LogP contribution in [-0.2, 0) is 9.59 Å². The maximum Gasteiger partial charge on any atom is 0.329 e. The third-order valence-corrected chi connectivity index (χ3v) is 2.84. The van der Waals surface area contributed by atoms with E-state index in [1.54, 1.807) is 19.1 Å². The van der Waals surface area contributed by atoms with Crippen LogP contribution in [0.4, 0.5) is 5.69 Å². The summed E-state index contributed by atoms with van der Waals surface area (Å²) in [5, 5.41) is 6.14. The van der Waals surface area contributed by atoms with E-state index in [9.17, 15) is 14.4 Å². The second kappa shape index (κ2) is 7.03. The second-order valence-electron chi connectivity index (χ2n) is 4.51. The lowest BCUT2D eigenvalue weighted by Crippen LogP contribution is -2.32. The van der Waals surface area contributed by atoms with Crippen molar-refractivity contribution in [2.24, 2.45) is 10.8 Å². The van der Waals surface area contributed by atoms with Gasteiger partial charge < -0.3 is 15.5 Å². The van der Waals surface area contributed by atoms with Gasteiger partial charge in [-0.2, -0.15) is 5.10 Å². The van der Waals surface area contributed by atoms with E-state index in [2.05, 4.69) is 15.8 Å². The van der Waals surface area contributed by atoms with Gasteiger partial charge in [0.25, 0.3) is 0 Å². The predicted molar refractivity (Wildman–Crippen MR) is 82.7 cm³/mol. The molecule has 118 valence electrons. The van der Waals surface area contributed by atoms with Crippen molar-refractivity contribution < 1.29 is 18.8 Å². The summed E-state index contributed by atoms with van der Waals surface area (Å²) in [6.45, 7) is 1.62. The summed E-state index contributed by atoms with van der Waals surface area (Å²) in [6.07, 6.45) is 1.47. The fraction of sp³-hybridized carbons (Fsp3) is 0.0667. The van der Waals surface area contributed by atoms with E-state index in [0.717, 1.165) is 0 Å². The number of nitrogens with zero attached hydrogens (tertiary/aromatic N) is 1. The number of rotatable bonds is 4. The number of benzene rings is 1. The summed E-state index contributed by atoms with van der Waals surface area (Å²) in [5.41, 5.74) is 8.30. The summed E-state index contributed by atoms with van der Waals surface area (Å²) < 4.78 is 5.09. The molecular formula is C15H14N4O4. The molecule has 2 aromatic rings. The molecule has 1 aromatic heterocycles. The Morgan fingerprint density at radius 3 is 2.35 bits per heavy atom. The normalized spacial score (nSPS) is 10.9. The largest absolute Gasteiger partial charge is 0.463 e. The van der Waals surface area contributed by atoms with Crippen molar-refractivity contribution in [3.8, 4) is 0 Å². The number of nitrogens with one attached hydrogen (secondary N) is 2. The average Bonchev–Trinajstić information content (AvgIpc) is 3.07. The molecule has 0 radical (unpaired) electrons. The maximum absolute atomic E-state index is 11.7. The quantitative estimate of drug-likeness (QED) is 0.439. The molecule has 3 amide bonds. The van der Waals surface area contributed by atoms with Crippen LogP contribution in [0, 0.1) is 0 Å². The topological polar surface area (TPSA) is 127 Å². The Labute approximate surface area is 131 Å². The number of amides is 3. The van der Waals surface area contributed by atoms with Gasteiger partial charge in [-0.15, -0.1) is 0 Å². The van der Waals surface area contributed by atoms with Gasteiger partial charge >= 0.3 is 11.8 Å². The summed E-state index contributed by atoms with van der Waals surface area (Å²) >= 11 is 0. The molecule has 2 rings (SSSR count). The van der Waals surface area contributed by atoms with Crippen molar-refractivity contribution >= 4 is 29.1 Å². The monoisotopic (exact) mass is 314 g/mol. The van der Waals surface area contributed by atoms with Crippen LogP contribution in [0.1, 0.15) is 23.0 Å². The molecule has 0 unspecified atom stereocenters. The molecule has 23 heavy (non-hydrogen) atoms. The summed E-state index contributed by atoms with van der Waals surface area (Å²) in [6, 6.07) is 9.15. The van der Waals surface area contributed by atoms with Crippen molar-refractivity contribution in [3.63, 3.8) is 0 Å². The number of hydrogen-bond acceptors (Lipinski definition) is 5. The molecule has 0 aliphatic heterocycles. The highest BCUT2D eigenvalue weighted by atomic mass is 16.3. The Morgan fingerprint density at radius 1 is 1.09 bits per heavy atom. The average molecular weight is 314 g/mol. The fourth-order valence-corrected chi connectivity index (χ4v) is 1.63. The van der Waals surface area contributed by atoms with Gasteiger partial charge in [0.05, 0.1) is 6.26 Å². The molecule has 0 saturated heterocycles. The van der Waals surface area contributed by atoms with Crippen LogP contribution in [0.3, 0.4) is 0 Å². The van der Waals surface area contributed by atoms with Crippen LogP contribution in [0.5, 0.6) is 0 Å². The Morgan fingerprint density at radius 2 is 1.78 bits per heavy atom. The number of nitrogens with two attached hydrogens (primary N) is 1. The standard InChI is InChI=1S/C15H14N4O4/c1-9(12-3-2-8-23-12)18-19-15(22)14(21)17-11-6-4-10(5-7-11)13(16)20/h2-8H,1H3,(H2,16,20)(H,17,21)(H,19,22)/b18-9+. The maximum atomic E-state index is 11.7.